The van der Waals surface area contributed by atoms with Gasteiger partial charge in [-0.3, -0.25) is 4.79 Å². The fraction of sp³-hybridized carbons (Fsp3) is 0.652. The van der Waals surface area contributed by atoms with Crippen LogP contribution in [0, 0.1) is 0 Å². The number of aromatic amines is 1. The predicted octanol–water partition coefficient (Wildman–Crippen LogP) is 2.54. The number of rotatable bonds is 5. The standard InChI is InChI=1S/C23H34N4O/c1-17-7-6-8-18(2)26(17)14-13-24-23(28)19-11-12-22-21(15-19)25-16-27(22)20-9-4-3-5-10-20/h11-12,15-18,20H,3-10,13-14H2,1-2H3,(H,24,28)/p+2. The molecule has 0 radical (unpaired) electrons. The molecule has 2 fully saturated rings. The molecule has 152 valence electrons. The molecule has 2 aromatic rings. The summed E-state index contributed by atoms with van der Waals surface area (Å²) in [6.45, 7) is 6.44. The number of carbonyl (C=O) groups excluding carboxylic acids is 1. The molecule has 1 saturated heterocycles. The minimum absolute atomic E-state index is 0.0393. The van der Waals surface area contributed by atoms with Crippen LogP contribution >= 0.6 is 0 Å². The van der Waals surface area contributed by atoms with Crippen molar-refractivity contribution in [3.8, 4) is 0 Å². The first kappa shape index (κ1) is 19.4. The molecule has 1 aromatic heterocycles. The molecule has 0 spiro atoms. The summed E-state index contributed by atoms with van der Waals surface area (Å²) in [5.41, 5.74) is 3.02. The fourth-order valence-corrected chi connectivity index (χ4v) is 5.39. The van der Waals surface area contributed by atoms with Crippen LogP contribution in [0.15, 0.2) is 24.5 Å². The number of aromatic nitrogens is 2. The molecule has 3 N–H and O–H groups in total. The van der Waals surface area contributed by atoms with Crippen molar-refractivity contribution in [1.82, 2.24) is 10.3 Å². The molecule has 28 heavy (non-hydrogen) atoms. The van der Waals surface area contributed by atoms with E-state index in [2.05, 4.69) is 41.1 Å². The number of imidazole rings is 1. The van der Waals surface area contributed by atoms with Gasteiger partial charge in [0.05, 0.1) is 25.2 Å². The third-order valence-corrected chi connectivity index (χ3v) is 7.10. The predicted molar refractivity (Wildman–Crippen MR) is 112 cm³/mol. The molecule has 1 aliphatic heterocycles. The average molecular weight is 385 g/mol. The number of H-pyrrole nitrogens is 1. The van der Waals surface area contributed by atoms with E-state index >= 15 is 0 Å². The summed E-state index contributed by atoms with van der Waals surface area (Å²) in [4.78, 5) is 17.7. The van der Waals surface area contributed by atoms with Crippen LogP contribution in [0.2, 0.25) is 0 Å². The number of piperidine rings is 1. The first-order valence-electron chi connectivity index (χ1n) is 11.3. The Hall–Kier alpha value is -1.88. The van der Waals surface area contributed by atoms with E-state index in [1.807, 2.05) is 12.1 Å². The zero-order valence-electron chi connectivity index (χ0n) is 17.5. The van der Waals surface area contributed by atoms with Crippen LogP contribution < -0.4 is 14.8 Å². The Bertz CT molecular complexity index is 798. The lowest BCUT2D eigenvalue weighted by Crippen LogP contribution is -3.19. The van der Waals surface area contributed by atoms with E-state index in [9.17, 15) is 4.79 Å². The molecule has 1 aromatic carbocycles. The summed E-state index contributed by atoms with van der Waals surface area (Å²) < 4.78 is 2.37. The van der Waals surface area contributed by atoms with Crippen molar-refractivity contribution in [2.24, 2.45) is 0 Å². The second kappa shape index (κ2) is 8.64. The van der Waals surface area contributed by atoms with E-state index in [0.717, 1.165) is 24.2 Å². The maximum atomic E-state index is 12.7. The quantitative estimate of drug-likeness (QED) is 0.682. The third kappa shape index (κ3) is 4.09. The topological polar surface area (TPSA) is 53.2 Å². The number of likely N-dealkylation sites (tertiary alicyclic amines) is 1. The number of nitrogens with zero attached hydrogens (tertiary/aromatic N) is 1. The van der Waals surface area contributed by atoms with Crippen LogP contribution in [0.4, 0.5) is 0 Å². The van der Waals surface area contributed by atoms with E-state index in [-0.39, 0.29) is 5.91 Å². The van der Waals surface area contributed by atoms with Gasteiger partial charge in [0, 0.05) is 11.6 Å². The van der Waals surface area contributed by atoms with Crippen molar-refractivity contribution < 1.29 is 14.3 Å². The van der Waals surface area contributed by atoms with E-state index in [4.69, 9.17) is 0 Å². The minimum Gasteiger partial charge on any atom is -0.346 e. The highest BCUT2D eigenvalue weighted by molar-refractivity contribution is 5.96. The lowest BCUT2D eigenvalue weighted by Gasteiger charge is -2.35. The monoisotopic (exact) mass is 384 g/mol. The number of nitrogens with one attached hydrogen (secondary N) is 3. The van der Waals surface area contributed by atoms with Crippen LogP contribution in [0.5, 0.6) is 0 Å². The van der Waals surface area contributed by atoms with Crippen LogP contribution in [0.3, 0.4) is 0 Å². The molecular formula is C23H36N4O+2. The molecule has 2 unspecified atom stereocenters. The van der Waals surface area contributed by atoms with Crippen molar-refractivity contribution in [3.05, 3.63) is 30.1 Å². The van der Waals surface area contributed by atoms with Crippen LogP contribution in [0.1, 0.15) is 81.6 Å². The van der Waals surface area contributed by atoms with Gasteiger partial charge in [-0.1, -0.05) is 6.42 Å². The van der Waals surface area contributed by atoms with Gasteiger partial charge in [-0.2, -0.15) is 0 Å². The second-order valence-electron chi connectivity index (χ2n) is 9.02. The Balaban J connectivity index is 1.37. The van der Waals surface area contributed by atoms with Crippen LogP contribution in [-0.2, 0) is 0 Å². The number of fused-ring (bicyclic) bond motifs is 1. The van der Waals surface area contributed by atoms with E-state index in [1.54, 1.807) is 4.90 Å². The Labute approximate surface area is 168 Å². The lowest BCUT2D eigenvalue weighted by molar-refractivity contribution is -0.950. The van der Waals surface area contributed by atoms with Crippen LogP contribution in [0.25, 0.3) is 11.0 Å². The molecule has 2 heterocycles. The third-order valence-electron chi connectivity index (χ3n) is 7.10. The highest BCUT2D eigenvalue weighted by Crippen LogP contribution is 2.25. The van der Waals surface area contributed by atoms with Gasteiger partial charge < -0.3 is 10.2 Å². The van der Waals surface area contributed by atoms with Gasteiger partial charge in [0.2, 0.25) is 6.33 Å². The first-order chi connectivity index (χ1) is 13.6. The molecule has 1 amide bonds. The normalized spacial score (nSPS) is 26.4. The molecule has 0 bridgehead atoms. The Morgan fingerprint density at radius 1 is 1.11 bits per heavy atom. The van der Waals surface area contributed by atoms with E-state index in [1.165, 1.54) is 56.9 Å². The molecule has 4 rings (SSSR count). The number of amides is 1. The summed E-state index contributed by atoms with van der Waals surface area (Å²) in [5, 5.41) is 3.14. The molecule has 5 nitrogen and oxygen atoms in total. The van der Waals surface area contributed by atoms with Crippen molar-refractivity contribution in [2.45, 2.75) is 83.3 Å². The van der Waals surface area contributed by atoms with Gasteiger partial charge in [-0.15, -0.1) is 0 Å². The van der Waals surface area contributed by atoms with E-state index < -0.39 is 0 Å². The van der Waals surface area contributed by atoms with E-state index in [0.29, 0.717) is 18.1 Å². The molecule has 5 heteroatoms. The largest absolute Gasteiger partial charge is 0.346 e. The Kier molecular flexibility index (Phi) is 6.00. The van der Waals surface area contributed by atoms with Gasteiger partial charge in [0.15, 0.2) is 11.0 Å². The summed E-state index contributed by atoms with van der Waals surface area (Å²) in [7, 11) is 0. The first-order valence-corrected chi connectivity index (χ1v) is 11.3. The highest BCUT2D eigenvalue weighted by atomic mass is 16.1. The van der Waals surface area contributed by atoms with Gasteiger partial charge >= 0.3 is 0 Å². The van der Waals surface area contributed by atoms with Gasteiger partial charge in [0.1, 0.15) is 6.04 Å². The highest BCUT2D eigenvalue weighted by Gasteiger charge is 2.28. The maximum Gasteiger partial charge on any atom is 0.251 e. The zero-order chi connectivity index (χ0) is 19.5. The Morgan fingerprint density at radius 3 is 2.61 bits per heavy atom. The number of benzene rings is 1. The molecule has 1 saturated carbocycles. The van der Waals surface area contributed by atoms with Gasteiger partial charge in [-0.25, -0.2) is 9.55 Å². The number of hydrogen-bond donors (Lipinski definition) is 3. The van der Waals surface area contributed by atoms with Crippen molar-refractivity contribution in [3.63, 3.8) is 0 Å². The summed E-state index contributed by atoms with van der Waals surface area (Å²) in [6, 6.07) is 8.08. The minimum atomic E-state index is 0.0393. The number of hydrogen-bond acceptors (Lipinski definition) is 1. The number of carbonyl (C=O) groups is 1. The zero-order valence-corrected chi connectivity index (χ0v) is 17.5. The summed E-state index contributed by atoms with van der Waals surface area (Å²) >= 11 is 0. The van der Waals surface area contributed by atoms with Gasteiger partial charge in [-0.05, 0) is 70.9 Å². The summed E-state index contributed by atoms with van der Waals surface area (Å²) in [6.07, 6.45) is 12.6. The van der Waals surface area contributed by atoms with Gasteiger partial charge in [0.25, 0.3) is 5.91 Å². The Morgan fingerprint density at radius 2 is 1.86 bits per heavy atom. The summed E-state index contributed by atoms with van der Waals surface area (Å²) in [5.74, 6) is 0.0393. The molecule has 1 aliphatic carbocycles. The molecular weight excluding hydrogens is 348 g/mol. The van der Waals surface area contributed by atoms with Crippen molar-refractivity contribution in [1.29, 1.82) is 0 Å². The van der Waals surface area contributed by atoms with Crippen molar-refractivity contribution in [2.75, 3.05) is 13.1 Å². The van der Waals surface area contributed by atoms with Crippen molar-refractivity contribution >= 4 is 16.9 Å². The fourth-order valence-electron chi connectivity index (χ4n) is 5.39. The SMILES string of the molecule is CC1CCCC(C)[NH+]1CCNC(=O)c1ccc2c(c1)[nH]c[n+]2C1CCCCC1. The number of quaternary nitrogens is 1. The molecule has 2 aliphatic rings. The molecule has 2 atom stereocenters. The lowest BCUT2D eigenvalue weighted by atomic mass is 9.95. The second-order valence-corrected chi connectivity index (χ2v) is 9.02. The van der Waals surface area contributed by atoms with Crippen LogP contribution in [-0.4, -0.2) is 36.1 Å². The smallest absolute Gasteiger partial charge is 0.251 e. The maximum absolute atomic E-state index is 12.7. The average Bonchev–Trinajstić information content (AvgIpc) is 3.14.